The molecule has 5 heterocycles. The quantitative estimate of drug-likeness (QED) is 0.148. The predicted octanol–water partition coefficient (Wildman–Crippen LogP) is 4.69. The molecule has 1 aliphatic rings. The van der Waals surface area contributed by atoms with Gasteiger partial charge in [-0.1, -0.05) is 35.9 Å². The Labute approximate surface area is 301 Å². The molecule has 0 radical (unpaired) electrons. The van der Waals surface area contributed by atoms with Crippen molar-refractivity contribution in [3.63, 3.8) is 0 Å². The smallest absolute Gasteiger partial charge is 0.261 e. The number of hydrogen-bond donors (Lipinski definition) is 2. The Morgan fingerprint density at radius 3 is 2.29 bits per heavy atom. The number of carbonyl (C=O) groups excluding carboxylic acids is 1. The number of nitrogens with two attached hydrogens (primary N) is 1. The van der Waals surface area contributed by atoms with Crippen LogP contribution in [-0.4, -0.2) is 77.2 Å². The van der Waals surface area contributed by atoms with Crippen LogP contribution < -0.4 is 20.6 Å². The number of Topliss-reactive ketones (excluding diaryl/α,β-unsaturated/α-hetero) is 1. The third-order valence-corrected chi connectivity index (χ3v) is 8.39. The van der Waals surface area contributed by atoms with Crippen LogP contribution in [0.3, 0.4) is 0 Å². The highest BCUT2D eigenvalue weighted by Gasteiger charge is 2.20. The zero-order valence-electron chi connectivity index (χ0n) is 29.3. The van der Waals surface area contributed by atoms with Crippen molar-refractivity contribution in [2.75, 3.05) is 39.4 Å². The van der Waals surface area contributed by atoms with E-state index in [2.05, 4.69) is 20.2 Å². The standard InChI is InChI=1S/C36H36N6O5.CH4O3S/c1-22-4-7-25(8-5-22)29-20-42(19-23-10-12-47-13-11-23)21-30(34(29)44)32(43)14-24-6-9-31(38-17-24)28-15-26(18-39-35(28)37)27-16-33(45-2)40-41-36(27)46-3;1-5(2,3)4/h4-9,15-18,20-21,23H,10-14,19H2,1-3H3,(H2,37,39);1H3,(H,2,3,4). The number of pyridine rings is 3. The minimum Gasteiger partial charge on any atom is -0.480 e. The fourth-order valence-corrected chi connectivity index (χ4v) is 5.72. The van der Waals surface area contributed by atoms with Crippen LogP contribution in [0.15, 0.2) is 78.1 Å². The second-order valence-corrected chi connectivity index (χ2v) is 13.9. The summed E-state index contributed by atoms with van der Waals surface area (Å²) in [5.74, 6) is 1.06. The van der Waals surface area contributed by atoms with Crippen molar-refractivity contribution in [3.05, 3.63) is 100 Å². The first-order chi connectivity index (χ1) is 24.8. The summed E-state index contributed by atoms with van der Waals surface area (Å²) >= 11 is 0. The molecular formula is C37H40N6O8S. The number of ketones is 1. The molecule has 6 rings (SSSR count). The van der Waals surface area contributed by atoms with Gasteiger partial charge in [-0.2, -0.15) is 8.42 Å². The number of ether oxygens (including phenoxy) is 3. The number of nitrogen functional groups attached to an aromatic ring is 1. The van der Waals surface area contributed by atoms with Crippen LogP contribution in [0, 0.1) is 12.8 Å². The number of nitrogens with zero attached hydrogens (tertiary/aromatic N) is 5. The Kier molecular flexibility index (Phi) is 12.1. The normalized spacial score (nSPS) is 13.2. The second-order valence-electron chi connectivity index (χ2n) is 12.4. The van der Waals surface area contributed by atoms with Gasteiger partial charge in [-0.15, -0.1) is 10.2 Å². The van der Waals surface area contributed by atoms with Gasteiger partial charge in [-0.25, -0.2) is 4.98 Å². The van der Waals surface area contributed by atoms with E-state index in [1.54, 1.807) is 30.7 Å². The highest BCUT2D eigenvalue weighted by atomic mass is 32.2. The van der Waals surface area contributed by atoms with Gasteiger partial charge in [0.2, 0.25) is 11.8 Å². The van der Waals surface area contributed by atoms with Crippen molar-refractivity contribution in [2.24, 2.45) is 5.92 Å². The molecule has 1 saturated heterocycles. The van der Waals surface area contributed by atoms with E-state index in [0.717, 1.165) is 37.2 Å². The first kappa shape index (κ1) is 37.7. The van der Waals surface area contributed by atoms with Crippen molar-refractivity contribution >= 4 is 21.7 Å². The maximum absolute atomic E-state index is 13.7. The Bertz CT molecular complexity index is 2190. The van der Waals surface area contributed by atoms with Gasteiger partial charge in [0, 0.05) is 73.7 Å². The number of benzene rings is 1. The fraction of sp³-hybridized carbons (Fsp3) is 0.297. The van der Waals surface area contributed by atoms with Crippen LogP contribution in [0.1, 0.15) is 34.3 Å². The van der Waals surface area contributed by atoms with Gasteiger partial charge >= 0.3 is 0 Å². The summed E-state index contributed by atoms with van der Waals surface area (Å²) in [7, 11) is -0.652. The van der Waals surface area contributed by atoms with Crippen molar-refractivity contribution in [3.8, 4) is 45.3 Å². The Morgan fingerprint density at radius 1 is 0.942 bits per heavy atom. The van der Waals surface area contributed by atoms with Crippen LogP contribution in [0.2, 0.25) is 0 Å². The molecule has 0 atom stereocenters. The zero-order valence-corrected chi connectivity index (χ0v) is 30.1. The molecule has 5 aromatic rings. The molecule has 0 spiro atoms. The molecule has 1 aliphatic heterocycles. The average Bonchev–Trinajstić information content (AvgIpc) is 3.12. The largest absolute Gasteiger partial charge is 0.480 e. The lowest BCUT2D eigenvalue weighted by Crippen LogP contribution is -2.25. The predicted molar refractivity (Wildman–Crippen MR) is 196 cm³/mol. The molecule has 15 heteroatoms. The zero-order chi connectivity index (χ0) is 37.4. The number of aromatic nitrogens is 5. The minimum absolute atomic E-state index is 0.0184. The average molecular weight is 729 g/mol. The first-order valence-corrected chi connectivity index (χ1v) is 18.2. The molecule has 272 valence electrons. The number of methoxy groups -OCH3 is 2. The number of rotatable bonds is 10. The molecule has 0 saturated carbocycles. The van der Waals surface area contributed by atoms with Gasteiger partial charge in [-0.3, -0.25) is 19.1 Å². The highest BCUT2D eigenvalue weighted by Crippen LogP contribution is 2.34. The molecule has 0 amide bonds. The Balaban J connectivity index is 0.000000979. The maximum atomic E-state index is 13.7. The Morgan fingerprint density at radius 2 is 1.65 bits per heavy atom. The third kappa shape index (κ3) is 9.84. The molecule has 14 nitrogen and oxygen atoms in total. The summed E-state index contributed by atoms with van der Waals surface area (Å²) in [6.45, 7) is 4.16. The van der Waals surface area contributed by atoms with E-state index in [9.17, 15) is 18.0 Å². The van der Waals surface area contributed by atoms with Crippen LogP contribution in [0.5, 0.6) is 11.8 Å². The lowest BCUT2D eigenvalue weighted by atomic mass is 9.97. The molecular weight excluding hydrogens is 689 g/mol. The van der Waals surface area contributed by atoms with E-state index in [1.165, 1.54) is 14.2 Å². The van der Waals surface area contributed by atoms with Crippen molar-refractivity contribution in [1.29, 1.82) is 0 Å². The van der Waals surface area contributed by atoms with Crippen LogP contribution >= 0.6 is 0 Å². The third-order valence-electron chi connectivity index (χ3n) is 8.39. The number of hydrogen-bond acceptors (Lipinski definition) is 12. The van der Waals surface area contributed by atoms with Gasteiger partial charge in [0.15, 0.2) is 11.2 Å². The molecule has 0 aliphatic carbocycles. The number of aryl methyl sites for hydroxylation is 1. The van der Waals surface area contributed by atoms with Gasteiger partial charge in [-0.05, 0) is 48.9 Å². The van der Waals surface area contributed by atoms with E-state index >= 15 is 0 Å². The second kappa shape index (κ2) is 16.7. The summed E-state index contributed by atoms with van der Waals surface area (Å²) in [4.78, 5) is 36.4. The van der Waals surface area contributed by atoms with Crippen LogP contribution in [0.4, 0.5) is 5.82 Å². The van der Waals surface area contributed by atoms with Gasteiger partial charge in [0.25, 0.3) is 10.1 Å². The maximum Gasteiger partial charge on any atom is 0.261 e. The molecule has 0 bridgehead atoms. The van der Waals surface area contributed by atoms with E-state index in [0.29, 0.717) is 64.0 Å². The fourth-order valence-electron chi connectivity index (χ4n) is 5.72. The summed E-state index contributed by atoms with van der Waals surface area (Å²) < 4.78 is 44.0. The SMILES string of the molecule is COc1cc(-c2cnc(N)c(-c3ccc(CC(=O)c4cn(CC5CCOCC5)cc(-c5ccc(C)cc5)c4=O)cn3)c2)c(OC)nn1.CS(=O)(=O)O. The molecule has 3 N–H and O–H groups in total. The Hall–Kier alpha value is -5.51. The van der Waals surface area contributed by atoms with Gasteiger partial charge in [0.05, 0.1) is 37.3 Å². The summed E-state index contributed by atoms with van der Waals surface area (Å²) in [5, 5.41) is 8.03. The molecule has 0 unspecified atom stereocenters. The summed E-state index contributed by atoms with van der Waals surface area (Å²) in [6, 6.07) is 14.9. The molecule has 4 aromatic heterocycles. The monoisotopic (exact) mass is 728 g/mol. The van der Waals surface area contributed by atoms with Crippen molar-refractivity contribution < 1.29 is 32.0 Å². The number of carbonyl (C=O) groups is 1. The van der Waals surface area contributed by atoms with Gasteiger partial charge in [0.1, 0.15) is 5.82 Å². The summed E-state index contributed by atoms with van der Waals surface area (Å²) in [6.07, 6.45) is 9.43. The lowest BCUT2D eigenvalue weighted by Gasteiger charge is -2.23. The number of anilines is 1. The van der Waals surface area contributed by atoms with E-state index in [-0.39, 0.29) is 29.0 Å². The highest BCUT2D eigenvalue weighted by molar-refractivity contribution is 7.85. The van der Waals surface area contributed by atoms with Gasteiger partial charge < -0.3 is 24.5 Å². The molecule has 52 heavy (non-hydrogen) atoms. The van der Waals surface area contributed by atoms with Crippen LogP contribution in [0.25, 0.3) is 33.5 Å². The lowest BCUT2D eigenvalue weighted by molar-refractivity contribution is 0.0612. The first-order valence-electron chi connectivity index (χ1n) is 16.3. The van der Waals surface area contributed by atoms with E-state index in [4.69, 9.17) is 24.5 Å². The topological polar surface area (TPSA) is 199 Å². The van der Waals surface area contributed by atoms with Crippen LogP contribution in [-0.2, 0) is 27.8 Å². The molecule has 1 aromatic carbocycles. The van der Waals surface area contributed by atoms with Crippen molar-refractivity contribution in [1.82, 2.24) is 24.7 Å². The molecule has 1 fully saturated rings. The minimum atomic E-state index is -3.67. The van der Waals surface area contributed by atoms with E-state index in [1.807, 2.05) is 54.1 Å². The van der Waals surface area contributed by atoms with E-state index < -0.39 is 10.1 Å². The van der Waals surface area contributed by atoms with Crippen molar-refractivity contribution in [2.45, 2.75) is 32.7 Å². The summed E-state index contributed by atoms with van der Waals surface area (Å²) in [5.41, 5.74) is 11.7.